The molecule has 2 rings (SSSR count). The summed E-state index contributed by atoms with van der Waals surface area (Å²) in [6, 6.07) is 5.90. The van der Waals surface area contributed by atoms with E-state index in [1.807, 2.05) is 0 Å². The second-order valence-corrected chi connectivity index (χ2v) is 6.68. The Hall–Kier alpha value is -0.670. The fourth-order valence-corrected chi connectivity index (χ4v) is 2.70. The minimum absolute atomic E-state index is 0. The van der Waals surface area contributed by atoms with Gasteiger partial charge in [0.2, 0.25) is 5.95 Å². The van der Waals surface area contributed by atoms with Gasteiger partial charge < -0.3 is 5.73 Å². The van der Waals surface area contributed by atoms with E-state index < -0.39 is 10.0 Å². The van der Waals surface area contributed by atoms with Crippen LogP contribution in [0.5, 0.6) is 0 Å². The third kappa shape index (κ3) is 4.40. The summed E-state index contributed by atoms with van der Waals surface area (Å²) in [6.07, 6.45) is 0. The van der Waals surface area contributed by atoms with Crippen molar-refractivity contribution in [2.75, 3.05) is 10.5 Å². The standard InChI is InChI=1S/C12H13BrN4O2S.Na/c1-7-11(13)8(2)16-12(15-7)17-20(18,19)10-5-3-9(14)4-6-10;/h3-6H,14H2,1-2H3,(H,15,16,17);/q;+1. The summed E-state index contributed by atoms with van der Waals surface area (Å²) < 4.78 is 27.5. The van der Waals surface area contributed by atoms with Crippen LogP contribution in [0.15, 0.2) is 33.6 Å². The monoisotopic (exact) mass is 379 g/mol. The second kappa shape index (κ2) is 7.06. The molecule has 0 saturated carbocycles. The van der Waals surface area contributed by atoms with Gasteiger partial charge in [-0.05, 0) is 54.0 Å². The molecule has 2 aromatic rings. The van der Waals surface area contributed by atoms with E-state index in [2.05, 4.69) is 30.6 Å². The second-order valence-electron chi connectivity index (χ2n) is 4.21. The molecule has 0 bridgehead atoms. The van der Waals surface area contributed by atoms with Crippen LogP contribution in [0.2, 0.25) is 0 Å². The fraction of sp³-hybridized carbons (Fsp3) is 0.167. The van der Waals surface area contributed by atoms with Crippen LogP contribution in [0, 0.1) is 13.8 Å². The van der Waals surface area contributed by atoms with Gasteiger partial charge in [-0.1, -0.05) is 0 Å². The van der Waals surface area contributed by atoms with Gasteiger partial charge >= 0.3 is 29.6 Å². The first-order chi connectivity index (χ1) is 9.29. The molecular weight excluding hydrogens is 367 g/mol. The molecule has 0 spiro atoms. The van der Waals surface area contributed by atoms with Crippen molar-refractivity contribution >= 4 is 37.6 Å². The molecule has 106 valence electrons. The SMILES string of the molecule is Cc1nc(NS(=O)(=O)c2ccc(N)cc2)nc(C)c1Br.[Na+]. The molecule has 0 unspecified atom stereocenters. The molecule has 1 aromatic heterocycles. The maximum absolute atomic E-state index is 12.2. The van der Waals surface area contributed by atoms with E-state index in [0.717, 1.165) is 4.47 Å². The van der Waals surface area contributed by atoms with Crippen LogP contribution >= 0.6 is 15.9 Å². The number of aromatic nitrogens is 2. The van der Waals surface area contributed by atoms with E-state index in [-0.39, 0.29) is 40.4 Å². The summed E-state index contributed by atoms with van der Waals surface area (Å²) in [5.41, 5.74) is 7.35. The van der Waals surface area contributed by atoms with Crippen LogP contribution in [0.3, 0.4) is 0 Å². The van der Waals surface area contributed by atoms with Crippen LogP contribution < -0.4 is 40.0 Å². The fourth-order valence-electron chi connectivity index (χ4n) is 1.57. The summed E-state index contributed by atoms with van der Waals surface area (Å²) in [4.78, 5) is 8.28. The Morgan fingerprint density at radius 1 is 1.10 bits per heavy atom. The van der Waals surface area contributed by atoms with Crippen molar-refractivity contribution in [3.63, 3.8) is 0 Å². The van der Waals surface area contributed by atoms with Crippen molar-refractivity contribution in [3.05, 3.63) is 40.1 Å². The molecule has 21 heavy (non-hydrogen) atoms. The van der Waals surface area contributed by atoms with Gasteiger partial charge in [-0.25, -0.2) is 23.1 Å². The first kappa shape index (κ1) is 18.4. The third-order valence-corrected chi connectivity index (χ3v) is 5.09. The zero-order valence-corrected chi connectivity index (χ0v) is 16.3. The first-order valence-electron chi connectivity index (χ1n) is 5.69. The molecule has 0 amide bonds. The Labute approximate surface area is 154 Å². The molecule has 9 heteroatoms. The summed E-state index contributed by atoms with van der Waals surface area (Å²) in [5, 5.41) is 0. The average Bonchev–Trinajstić information content (AvgIpc) is 2.36. The number of halogens is 1. The molecule has 0 aliphatic carbocycles. The molecule has 1 aromatic carbocycles. The predicted octanol–water partition coefficient (Wildman–Crippen LogP) is -0.757. The smallest absolute Gasteiger partial charge is 0.399 e. The predicted molar refractivity (Wildman–Crippen MR) is 80.9 cm³/mol. The van der Waals surface area contributed by atoms with E-state index >= 15 is 0 Å². The van der Waals surface area contributed by atoms with Crippen molar-refractivity contribution < 1.29 is 38.0 Å². The molecule has 0 saturated heterocycles. The largest absolute Gasteiger partial charge is 1.00 e. The van der Waals surface area contributed by atoms with Gasteiger partial charge in [-0.15, -0.1) is 0 Å². The van der Waals surface area contributed by atoms with Gasteiger partial charge in [0.05, 0.1) is 20.8 Å². The molecule has 3 N–H and O–H groups in total. The maximum Gasteiger partial charge on any atom is 1.00 e. The minimum Gasteiger partial charge on any atom is -0.399 e. The van der Waals surface area contributed by atoms with Crippen molar-refractivity contribution in [1.82, 2.24) is 9.97 Å². The summed E-state index contributed by atoms with van der Waals surface area (Å²) in [5.74, 6) is 0.0417. The zero-order chi connectivity index (χ0) is 14.9. The van der Waals surface area contributed by atoms with E-state index in [1.165, 1.54) is 24.3 Å². The third-order valence-electron chi connectivity index (χ3n) is 2.60. The van der Waals surface area contributed by atoms with Crippen molar-refractivity contribution in [1.29, 1.82) is 0 Å². The topological polar surface area (TPSA) is 98.0 Å². The van der Waals surface area contributed by atoms with E-state index in [9.17, 15) is 8.42 Å². The molecule has 0 atom stereocenters. The maximum atomic E-state index is 12.2. The van der Waals surface area contributed by atoms with Crippen LogP contribution in [0.4, 0.5) is 11.6 Å². The van der Waals surface area contributed by atoms with Crippen LogP contribution in [-0.2, 0) is 10.0 Å². The van der Waals surface area contributed by atoms with Crippen molar-refractivity contribution in [2.24, 2.45) is 0 Å². The molecule has 0 radical (unpaired) electrons. The van der Waals surface area contributed by atoms with E-state index in [0.29, 0.717) is 17.1 Å². The zero-order valence-electron chi connectivity index (χ0n) is 11.9. The summed E-state index contributed by atoms with van der Waals surface area (Å²) >= 11 is 3.33. The Balaban J connectivity index is 0.00000220. The number of rotatable bonds is 3. The molecule has 0 aliphatic rings. The van der Waals surface area contributed by atoms with Crippen LogP contribution in [0.1, 0.15) is 11.4 Å². The Kier molecular flexibility index (Phi) is 6.18. The number of anilines is 2. The van der Waals surface area contributed by atoms with Gasteiger partial charge in [-0.2, -0.15) is 0 Å². The number of aryl methyl sites for hydroxylation is 2. The molecular formula is C12H13BrN4NaO2S+. The van der Waals surface area contributed by atoms with Crippen molar-refractivity contribution in [2.45, 2.75) is 18.7 Å². The van der Waals surface area contributed by atoms with Gasteiger partial charge in [-0.3, -0.25) is 0 Å². The number of benzene rings is 1. The summed E-state index contributed by atoms with van der Waals surface area (Å²) in [7, 11) is -3.72. The number of nitrogens with one attached hydrogen (secondary N) is 1. The number of sulfonamides is 1. The molecule has 1 heterocycles. The van der Waals surface area contributed by atoms with Crippen LogP contribution in [0.25, 0.3) is 0 Å². The quantitative estimate of drug-likeness (QED) is 0.539. The first-order valence-corrected chi connectivity index (χ1v) is 7.96. The van der Waals surface area contributed by atoms with Gasteiger partial charge in [0.15, 0.2) is 0 Å². The van der Waals surface area contributed by atoms with Gasteiger partial charge in [0.1, 0.15) is 0 Å². The number of nitrogen functional groups attached to an aromatic ring is 1. The van der Waals surface area contributed by atoms with Crippen molar-refractivity contribution in [3.8, 4) is 0 Å². The Morgan fingerprint density at radius 3 is 2.05 bits per heavy atom. The van der Waals surface area contributed by atoms with Gasteiger partial charge in [0, 0.05) is 5.69 Å². The molecule has 0 aliphatic heterocycles. The van der Waals surface area contributed by atoms with E-state index in [4.69, 9.17) is 5.73 Å². The average molecular weight is 380 g/mol. The molecule has 6 nitrogen and oxygen atoms in total. The molecule has 0 fully saturated rings. The number of hydrogen-bond donors (Lipinski definition) is 2. The summed E-state index contributed by atoms with van der Waals surface area (Å²) in [6.45, 7) is 3.53. The minimum atomic E-state index is -3.72. The number of hydrogen-bond acceptors (Lipinski definition) is 5. The number of nitrogens with two attached hydrogens (primary N) is 1. The normalized spacial score (nSPS) is 10.8. The van der Waals surface area contributed by atoms with E-state index in [1.54, 1.807) is 13.8 Å². The Bertz CT molecular complexity index is 727. The van der Waals surface area contributed by atoms with Gasteiger partial charge in [0.25, 0.3) is 10.0 Å². The Morgan fingerprint density at radius 2 is 1.57 bits per heavy atom. The number of nitrogens with zero attached hydrogens (tertiary/aromatic N) is 2. The van der Waals surface area contributed by atoms with Crippen LogP contribution in [-0.4, -0.2) is 18.4 Å².